The summed E-state index contributed by atoms with van der Waals surface area (Å²) < 4.78 is 1.77. The molecule has 2 heterocycles. The van der Waals surface area contributed by atoms with E-state index in [2.05, 4.69) is 10.5 Å². The van der Waals surface area contributed by atoms with Gasteiger partial charge in [-0.05, 0) is 55.8 Å². The number of hydrogen-bond donors (Lipinski definition) is 1. The second kappa shape index (κ2) is 9.46. The van der Waals surface area contributed by atoms with Gasteiger partial charge in [0.2, 0.25) is 5.78 Å². The Kier molecular flexibility index (Phi) is 6.61. The van der Waals surface area contributed by atoms with Gasteiger partial charge in [-0.3, -0.25) is 20.3 Å². The van der Waals surface area contributed by atoms with Crippen LogP contribution in [0.1, 0.15) is 34.1 Å². The molecule has 0 aliphatic carbocycles. The first-order valence-corrected chi connectivity index (χ1v) is 11.2. The fourth-order valence-electron chi connectivity index (χ4n) is 3.61. The van der Waals surface area contributed by atoms with Crippen LogP contribution in [0.2, 0.25) is 15.1 Å². The lowest BCUT2D eigenvalue weighted by atomic mass is 10.0. The molecule has 0 fully saturated rings. The monoisotopic (exact) mass is 514 g/mol. The average molecular weight is 516 g/mol. The SMILES string of the molecule is C/C(=N\Nc1ccc(C(=O)c2c(C)cc3ccccn23)cc1[N+](=O)[O-])c1ccc(Cl)c(Cl)c1Cl. The summed E-state index contributed by atoms with van der Waals surface area (Å²) in [5.41, 5.74) is 5.76. The predicted octanol–water partition coefficient (Wildman–Crippen LogP) is 7.18. The van der Waals surface area contributed by atoms with Crippen LogP contribution in [0, 0.1) is 17.0 Å². The highest BCUT2D eigenvalue weighted by Crippen LogP contribution is 2.33. The van der Waals surface area contributed by atoms with Crippen LogP contribution < -0.4 is 5.43 Å². The average Bonchev–Trinajstić information content (AvgIpc) is 3.16. The van der Waals surface area contributed by atoms with Crippen LogP contribution >= 0.6 is 34.8 Å². The van der Waals surface area contributed by atoms with Crippen molar-refractivity contribution in [2.45, 2.75) is 13.8 Å². The number of carbonyl (C=O) groups is 1. The van der Waals surface area contributed by atoms with Crippen LogP contribution in [-0.2, 0) is 0 Å². The molecule has 1 N–H and O–H groups in total. The zero-order chi connectivity index (χ0) is 24.6. The molecule has 0 bridgehead atoms. The predicted molar refractivity (Wildman–Crippen MR) is 136 cm³/mol. The number of carbonyl (C=O) groups excluding carboxylic acids is 1. The number of pyridine rings is 1. The maximum absolute atomic E-state index is 13.2. The summed E-state index contributed by atoms with van der Waals surface area (Å²) in [6.45, 7) is 3.50. The molecule has 0 saturated carbocycles. The summed E-state index contributed by atoms with van der Waals surface area (Å²) in [5.74, 6) is -0.319. The Balaban J connectivity index is 1.68. The maximum atomic E-state index is 13.2. The number of anilines is 1. The number of nitrogens with one attached hydrogen (secondary N) is 1. The number of fused-ring (bicyclic) bond motifs is 1. The van der Waals surface area contributed by atoms with Crippen LogP contribution in [-0.4, -0.2) is 20.8 Å². The summed E-state index contributed by atoms with van der Waals surface area (Å²) in [4.78, 5) is 24.4. The minimum atomic E-state index is -0.570. The van der Waals surface area contributed by atoms with Crippen molar-refractivity contribution in [1.29, 1.82) is 0 Å². The Bertz CT molecular complexity index is 1490. The van der Waals surface area contributed by atoms with E-state index in [-0.39, 0.29) is 32.8 Å². The number of benzene rings is 2. The quantitative estimate of drug-likeness (QED) is 0.0968. The molecule has 0 aliphatic rings. The van der Waals surface area contributed by atoms with Crippen molar-refractivity contribution < 1.29 is 9.72 Å². The fourth-order valence-corrected chi connectivity index (χ4v) is 4.28. The van der Waals surface area contributed by atoms with E-state index < -0.39 is 4.92 Å². The van der Waals surface area contributed by atoms with Crippen LogP contribution in [0.15, 0.2) is 65.9 Å². The maximum Gasteiger partial charge on any atom is 0.294 e. The molecule has 0 spiro atoms. The Hall–Kier alpha value is -3.39. The third-order valence-electron chi connectivity index (χ3n) is 5.31. The molecule has 4 aromatic rings. The zero-order valence-electron chi connectivity index (χ0n) is 18.0. The molecule has 172 valence electrons. The fraction of sp³-hybridized carbons (Fsp3) is 0.0833. The van der Waals surface area contributed by atoms with Crippen molar-refractivity contribution in [3.8, 4) is 0 Å². The van der Waals surface area contributed by atoms with Gasteiger partial charge in [0, 0.05) is 28.9 Å². The molecule has 0 saturated heterocycles. The Morgan fingerprint density at radius 1 is 1.06 bits per heavy atom. The summed E-state index contributed by atoms with van der Waals surface area (Å²) in [5, 5.41) is 16.7. The van der Waals surface area contributed by atoms with Crippen molar-refractivity contribution in [2.24, 2.45) is 5.10 Å². The van der Waals surface area contributed by atoms with Gasteiger partial charge in [-0.25, -0.2) is 0 Å². The molecule has 0 atom stereocenters. The second-order valence-electron chi connectivity index (χ2n) is 7.52. The molecular weight excluding hydrogens is 499 g/mol. The first kappa shape index (κ1) is 23.8. The van der Waals surface area contributed by atoms with Crippen molar-refractivity contribution in [1.82, 2.24) is 4.40 Å². The molecule has 4 rings (SSSR count). The lowest BCUT2D eigenvalue weighted by molar-refractivity contribution is -0.384. The van der Waals surface area contributed by atoms with Crippen LogP contribution in [0.3, 0.4) is 0 Å². The molecule has 7 nitrogen and oxygen atoms in total. The zero-order valence-corrected chi connectivity index (χ0v) is 20.2. The van der Waals surface area contributed by atoms with E-state index in [1.54, 1.807) is 29.7 Å². The summed E-state index contributed by atoms with van der Waals surface area (Å²) >= 11 is 18.3. The van der Waals surface area contributed by atoms with Crippen LogP contribution in [0.4, 0.5) is 11.4 Å². The smallest absolute Gasteiger partial charge is 0.294 e. The second-order valence-corrected chi connectivity index (χ2v) is 8.68. The van der Waals surface area contributed by atoms with Gasteiger partial charge in [-0.15, -0.1) is 0 Å². The standard InChI is InChI=1S/C24H17Cl3N4O3/c1-13-11-16-5-3-4-10-30(16)23(13)24(32)15-6-9-19(20(12-15)31(33)34)29-28-14(2)17-7-8-18(25)22(27)21(17)26/h3-12,29H,1-2H3/b28-14+. The third-order valence-corrected chi connectivity index (χ3v) is 6.60. The Labute approximate surface area is 209 Å². The number of aromatic nitrogens is 1. The van der Waals surface area contributed by atoms with Gasteiger partial charge in [0.05, 0.1) is 31.4 Å². The van der Waals surface area contributed by atoms with E-state index in [0.29, 0.717) is 22.0 Å². The van der Waals surface area contributed by atoms with E-state index in [1.165, 1.54) is 18.2 Å². The number of nitro benzene ring substituents is 1. The van der Waals surface area contributed by atoms with Gasteiger partial charge in [-0.2, -0.15) is 5.10 Å². The molecule has 0 radical (unpaired) electrons. The molecule has 0 unspecified atom stereocenters. The van der Waals surface area contributed by atoms with E-state index in [0.717, 1.165) is 11.1 Å². The van der Waals surface area contributed by atoms with Crippen LogP contribution in [0.25, 0.3) is 5.52 Å². The number of nitro groups is 1. The number of halogens is 3. The van der Waals surface area contributed by atoms with E-state index in [1.807, 2.05) is 31.2 Å². The van der Waals surface area contributed by atoms with Crippen molar-refractivity contribution in [2.75, 3.05) is 5.43 Å². The van der Waals surface area contributed by atoms with Gasteiger partial charge in [0.25, 0.3) is 5.69 Å². The van der Waals surface area contributed by atoms with Gasteiger partial charge < -0.3 is 4.40 Å². The Morgan fingerprint density at radius 2 is 1.82 bits per heavy atom. The lowest BCUT2D eigenvalue weighted by Crippen LogP contribution is -2.08. The minimum absolute atomic E-state index is 0.119. The van der Waals surface area contributed by atoms with Gasteiger partial charge in [0.15, 0.2) is 0 Å². The highest BCUT2D eigenvalue weighted by Gasteiger charge is 2.22. The first-order chi connectivity index (χ1) is 16.2. The van der Waals surface area contributed by atoms with Gasteiger partial charge >= 0.3 is 0 Å². The number of hydrazone groups is 1. The first-order valence-electron chi connectivity index (χ1n) is 10.0. The number of hydrogen-bond acceptors (Lipinski definition) is 5. The molecule has 2 aromatic heterocycles. The molecule has 2 aromatic carbocycles. The van der Waals surface area contributed by atoms with Gasteiger partial charge in [-0.1, -0.05) is 46.9 Å². The molecule has 10 heteroatoms. The van der Waals surface area contributed by atoms with Crippen molar-refractivity contribution in [3.05, 3.63) is 108 Å². The van der Waals surface area contributed by atoms with Crippen LogP contribution in [0.5, 0.6) is 0 Å². The number of rotatable bonds is 6. The van der Waals surface area contributed by atoms with Crippen molar-refractivity contribution >= 4 is 63.2 Å². The Morgan fingerprint density at radius 3 is 2.56 bits per heavy atom. The molecule has 0 aliphatic heterocycles. The van der Waals surface area contributed by atoms with Gasteiger partial charge in [0.1, 0.15) is 5.69 Å². The minimum Gasteiger partial charge on any atom is -0.313 e. The molecule has 0 amide bonds. The van der Waals surface area contributed by atoms with E-state index in [9.17, 15) is 14.9 Å². The number of aryl methyl sites for hydroxylation is 1. The third kappa shape index (κ3) is 4.37. The van der Waals surface area contributed by atoms with E-state index >= 15 is 0 Å². The largest absolute Gasteiger partial charge is 0.313 e. The van der Waals surface area contributed by atoms with E-state index in [4.69, 9.17) is 34.8 Å². The topological polar surface area (TPSA) is 89.0 Å². The summed E-state index contributed by atoms with van der Waals surface area (Å²) in [7, 11) is 0. The summed E-state index contributed by atoms with van der Waals surface area (Å²) in [6.07, 6.45) is 1.78. The van der Waals surface area contributed by atoms with Crippen molar-refractivity contribution in [3.63, 3.8) is 0 Å². The lowest BCUT2D eigenvalue weighted by Gasteiger charge is -2.09. The number of ketones is 1. The normalized spacial score (nSPS) is 11.6. The highest BCUT2D eigenvalue weighted by atomic mass is 35.5. The summed E-state index contributed by atoms with van der Waals surface area (Å²) in [6, 6.07) is 14.9. The number of nitrogens with zero attached hydrogens (tertiary/aromatic N) is 3. The molecule has 34 heavy (non-hydrogen) atoms. The highest BCUT2D eigenvalue weighted by molar-refractivity contribution is 6.49. The molecular formula is C24H17Cl3N4O3.